The molecule has 0 saturated heterocycles. The Balaban J connectivity index is 1.91. The summed E-state index contributed by atoms with van der Waals surface area (Å²) < 4.78 is 11.4. The van der Waals surface area contributed by atoms with Gasteiger partial charge in [0.15, 0.2) is 11.5 Å². The van der Waals surface area contributed by atoms with E-state index in [1.807, 2.05) is 24.3 Å². The summed E-state index contributed by atoms with van der Waals surface area (Å²) in [5, 5.41) is 0. The number of aromatic amines is 1. The number of ether oxygens (including phenoxy) is 2. The van der Waals surface area contributed by atoms with Crippen molar-refractivity contribution in [3.8, 4) is 22.6 Å². The number of hydrogen-bond acceptors (Lipinski definition) is 3. The predicted octanol–water partition coefficient (Wildman–Crippen LogP) is 3.00. The van der Waals surface area contributed by atoms with E-state index in [9.17, 15) is 0 Å². The molecule has 0 atom stereocenters. The lowest BCUT2D eigenvalue weighted by molar-refractivity contribution is 0.172. The van der Waals surface area contributed by atoms with Crippen molar-refractivity contribution in [1.29, 1.82) is 0 Å². The summed E-state index contributed by atoms with van der Waals surface area (Å²) in [6.07, 6.45) is 1.70. The molecule has 0 aliphatic carbocycles. The van der Waals surface area contributed by atoms with Gasteiger partial charge in [0.25, 0.3) is 0 Å². The predicted molar refractivity (Wildman–Crippen MR) is 72.5 cm³/mol. The summed E-state index contributed by atoms with van der Waals surface area (Å²) in [6.45, 7) is 1.20. The first-order valence-electron chi connectivity index (χ1n) is 6.24. The van der Waals surface area contributed by atoms with E-state index in [4.69, 9.17) is 9.47 Å². The van der Waals surface area contributed by atoms with Crippen LogP contribution in [0.5, 0.6) is 11.5 Å². The summed E-state index contributed by atoms with van der Waals surface area (Å²) in [5.74, 6) is 1.64. The molecule has 0 bridgehead atoms. The molecule has 1 N–H and O–H groups in total. The number of aromatic nitrogens is 2. The average Bonchev–Trinajstić information content (AvgIpc) is 2.94. The Labute approximate surface area is 110 Å². The molecule has 2 aromatic carbocycles. The summed E-state index contributed by atoms with van der Waals surface area (Å²) in [7, 11) is 0. The average molecular weight is 252 g/mol. The Hall–Kier alpha value is -2.49. The van der Waals surface area contributed by atoms with Crippen molar-refractivity contribution in [1.82, 2.24) is 9.97 Å². The van der Waals surface area contributed by atoms with E-state index in [2.05, 4.69) is 22.1 Å². The highest BCUT2D eigenvalue weighted by atomic mass is 16.6. The quantitative estimate of drug-likeness (QED) is 0.724. The Morgan fingerprint density at radius 3 is 3.00 bits per heavy atom. The smallest absolute Gasteiger partial charge is 0.169 e. The van der Waals surface area contributed by atoms with E-state index in [-0.39, 0.29) is 0 Å². The lowest BCUT2D eigenvalue weighted by Crippen LogP contribution is -2.15. The first-order chi connectivity index (χ1) is 9.42. The van der Waals surface area contributed by atoms with Crippen LogP contribution in [0.4, 0.5) is 0 Å². The SMILES string of the molecule is c1cc2c(c(-c3ccc4nc[nH]c4c3)c1)OCCO2. The number of imidazole rings is 1. The summed E-state index contributed by atoms with van der Waals surface area (Å²) in [6, 6.07) is 12.1. The van der Waals surface area contributed by atoms with Crippen LogP contribution in [0.3, 0.4) is 0 Å². The number of rotatable bonds is 1. The van der Waals surface area contributed by atoms with Gasteiger partial charge in [-0.15, -0.1) is 0 Å². The second kappa shape index (κ2) is 4.02. The van der Waals surface area contributed by atoms with E-state index in [1.165, 1.54) is 0 Å². The zero-order valence-corrected chi connectivity index (χ0v) is 10.2. The molecule has 4 nitrogen and oxygen atoms in total. The van der Waals surface area contributed by atoms with Crippen LogP contribution in [0.1, 0.15) is 0 Å². The molecular weight excluding hydrogens is 240 g/mol. The maximum absolute atomic E-state index is 5.75. The second-order valence-electron chi connectivity index (χ2n) is 4.46. The van der Waals surface area contributed by atoms with Crippen LogP contribution in [0.25, 0.3) is 22.2 Å². The molecule has 0 radical (unpaired) electrons. The third-order valence-corrected chi connectivity index (χ3v) is 3.30. The Kier molecular flexibility index (Phi) is 2.21. The van der Waals surface area contributed by atoms with Crippen molar-refractivity contribution in [2.75, 3.05) is 13.2 Å². The van der Waals surface area contributed by atoms with Crippen LogP contribution in [-0.4, -0.2) is 23.2 Å². The first-order valence-corrected chi connectivity index (χ1v) is 6.24. The summed E-state index contributed by atoms with van der Waals surface area (Å²) in [5.41, 5.74) is 4.13. The van der Waals surface area contributed by atoms with Gasteiger partial charge < -0.3 is 14.5 Å². The summed E-state index contributed by atoms with van der Waals surface area (Å²) in [4.78, 5) is 7.36. The van der Waals surface area contributed by atoms with E-state index < -0.39 is 0 Å². The first kappa shape index (κ1) is 10.4. The highest BCUT2D eigenvalue weighted by molar-refractivity contribution is 5.84. The topological polar surface area (TPSA) is 47.1 Å². The molecular formula is C15H12N2O2. The van der Waals surface area contributed by atoms with Crippen molar-refractivity contribution in [3.05, 3.63) is 42.7 Å². The van der Waals surface area contributed by atoms with Gasteiger partial charge in [-0.05, 0) is 23.8 Å². The van der Waals surface area contributed by atoms with E-state index in [1.54, 1.807) is 6.33 Å². The standard InChI is InChI=1S/C15H12N2O2/c1-2-11(15-14(3-1)18-6-7-19-15)10-4-5-12-13(8-10)17-9-16-12/h1-5,8-9H,6-7H2,(H,16,17). The molecule has 94 valence electrons. The number of H-pyrrole nitrogens is 1. The van der Waals surface area contributed by atoms with Crippen molar-refractivity contribution in [3.63, 3.8) is 0 Å². The van der Waals surface area contributed by atoms with Crippen LogP contribution in [-0.2, 0) is 0 Å². The van der Waals surface area contributed by atoms with Crippen molar-refractivity contribution in [2.45, 2.75) is 0 Å². The number of nitrogens with zero attached hydrogens (tertiary/aromatic N) is 1. The van der Waals surface area contributed by atoms with Gasteiger partial charge in [-0.3, -0.25) is 0 Å². The Bertz CT molecular complexity index is 749. The number of fused-ring (bicyclic) bond motifs is 2. The minimum Gasteiger partial charge on any atom is -0.486 e. The molecule has 0 saturated carbocycles. The molecule has 4 rings (SSSR count). The van der Waals surface area contributed by atoms with Crippen molar-refractivity contribution >= 4 is 11.0 Å². The van der Waals surface area contributed by atoms with Crippen LogP contribution in [0.15, 0.2) is 42.7 Å². The molecule has 0 spiro atoms. The van der Waals surface area contributed by atoms with Gasteiger partial charge >= 0.3 is 0 Å². The minimum absolute atomic E-state index is 0.594. The second-order valence-corrected chi connectivity index (χ2v) is 4.46. The van der Waals surface area contributed by atoms with E-state index >= 15 is 0 Å². The molecule has 1 aliphatic heterocycles. The van der Waals surface area contributed by atoms with Gasteiger partial charge in [-0.1, -0.05) is 18.2 Å². The Morgan fingerprint density at radius 1 is 1.05 bits per heavy atom. The third kappa shape index (κ3) is 1.64. The van der Waals surface area contributed by atoms with Crippen LogP contribution < -0.4 is 9.47 Å². The molecule has 2 heterocycles. The fraction of sp³-hybridized carbons (Fsp3) is 0.133. The number of benzene rings is 2. The lowest BCUT2D eigenvalue weighted by atomic mass is 10.0. The molecule has 0 unspecified atom stereocenters. The molecule has 4 heteroatoms. The molecule has 19 heavy (non-hydrogen) atoms. The van der Waals surface area contributed by atoms with Crippen LogP contribution in [0, 0.1) is 0 Å². The van der Waals surface area contributed by atoms with Gasteiger partial charge in [0, 0.05) is 5.56 Å². The molecule has 0 amide bonds. The third-order valence-electron chi connectivity index (χ3n) is 3.30. The van der Waals surface area contributed by atoms with Crippen molar-refractivity contribution < 1.29 is 9.47 Å². The number of para-hydroxylation sites is 1. The van der Waals surface area contributed by atoms with Gasteiger partial charge in [-0.2, -0.15) is 0 Å². The maximum atomic E-state index is 5.75. The molecule has 1 aromatic heterocycles. The number of hydrogen-bond donors (Lipinski definition) is 1. The van der Waals surface area contributed by atoms with Crippen LogP contribution >= 0.6 is 0 Å². The summed E-state index contributed by atoms with van der Waals surface area (Å²) >= 11 is 0. The number of nitrogens with one attached hydrogen (secondary N) is 1. The largest absolute Gasteiger partial charge is 0.486 e. The highest BCUT2D eigenvalue weighted by Gasteiger charge is 2.16. The highest BCUT2D eigenvalue weighted by Crippen LogP contribution is 2.40. The van der Waals surface area contributed by atoms with Gasteiger partial charge in [0.05, 0.1) is 17.4 Å². The van der Waals surface area contributed by atoms with E-state index in [0.717, 1.165) is 33.7 Å². The normalized spacial score (nSPS) is 13.7. The van der Waals surface area contributed by atoms with E-state index in [0.29, 0.717) is 13.2 Å². The zero-order chi connectivity index (χ0) is 12.7. The molecule has 3 aromatic rings. The molecule has 1 aliphatic rings. The Morgan fingerprint density at radius 2 is 2.00 bits per heavy atom. The van der Waals surface area contributed by atoms with Gasteiger partial charge in [0.2, 0.25) is 0 Å². The van der Waals surface area contributed by atoms with Crippen molar-refractivity contribution in [2.24, 2.45) is 0 Å². The lowest BCUT2D eigenvalue weighted by Gasteiger charge is -2.21. The molecule has 0 fully saturated rings. The van der Waals surface area contributed by atoms with Crippen LogP contribution in [0.2, 0.25) is 0 Å². The fourth-order valence-corrected chi connectivity index (χ4v) is 2.40. The maximum Gasteiger partial charge on any atom is 0.169 e. The minimum atomic E-state index is 0.594. The van der Waals surface area contributed by atoms with Gasteiger partial charge in [-0.25, -0.2) is 4.98 Å². The fourth-order valence-electron chi connectivity index (χ4n) is 2.40. The zero-order valence-electron chi connectivity index (χ0n) is 10.2. The van der Waals surface area contributed by atoms with Gasteiger partial charge in [0.1, 0.15) is 13.2 Å². The monoisotopic (exact) mass is 252 g/mol.